The Morgan fingerprint density at radius 1 is 1.23 bits per heavy atom. The predicted octanol–water partition coefficient (Wildman–Crippen LogP) is 4.90. The van der Waals surface area contributed by atoms with E-state index in [9.17, 15) is 14.0 Å². The molecule has 3 rings (SSSR count). The molecule has 7 heteroatoms. The summed E-state index contributed by atoms with van der Waals surface area (Å²) in [6.45, 7) is 8.08. The standard InChI is InChI=1S/C23H27F2NO4/c1-5-7-8-30-19-10-14-9-16(13(3)4)26-12-15(23(28)29-6-2)18(27)11-17(26)20(14)22(25)21(19)24/h10-13,16H,5-9H2,1-4H3. The summed E-state index contributed by atoms with van der Waals surface area (Å²) in [5.41, 5.74) is 0.180. The lowest BCUT2D eigenvalue weighted by molar-refractivity contribution is 0.0523. The molecule has 0 radical (unpaired) electrons. The molecule has 2 aromatic rings. The second kappa shape index (κ2) is 8.98. The number of nitrogens with zero attached hydrogens (tertiary/aromatic N) is 1. The zero-order valence-electron chi connectivity index (χ0n) is 17.8. The van der Waals surface area contributed by atoms with Crippen LogP contribution in [-0.4, -0.2) is 23.8 Å². The molecule has 0 N–H and O–H groups in total. The Labute approximate surface area is 174 Å². The van der Waals surface area contributed by atoms with Gasteiger partial charge in [-0.2, -0.15) is 4.39 Å². The van der Waals surface area contributed by atoms with E-state index in [2.05, 4.69) is 0 Å². The number of unbranched alkanes of at least 4 members (excludes halogenated alkanes) is 1. The highest BCUT2D eigenvalue weighted by Crippen LogP contribution is 2.41. The topological polar surface area (TPSA) is 57.5 Å². The molecule has 0 amide bonds. The lowest BCUT2D eigenvalue weighted by atomic mass is 9.86. The van der Waals surface area contributed by atoms with Gasteiger partial charge in [0.1, 0.15) is 5.56 Å². The zero-order valence-corrected chi connectivity index (χ0v) is 17.8. The summed E-state index contributed by atoms with van der Waals surface area (Å²) < 4.78 is 41.9. The second-order valence-corrected chi connectivity index (χ2v) is 7.82. The zero-order chi connectivity index (χ0) is 22.0. The Balaban J connectivity index is 2.18. The van der Waals surface area contributed by atoms with Gasteiger partial charge in [-0.1, -0.05) is 27.2 Å². The molecule has 1 atom stereocenters. The van der Waals surface area contributed by atoms with Crippen molar-refractivity contribution >= 4 is 5.97 Å². The van der Waals surface area contributed by atoms with Crippen LogP contribution < -0.4 is 10.2 Å². The van der Waals surface area contributed by atoms with Gasteiger partial charge >= 0.3 is 5.97 Å². The van der Waals surface area contributed by atoms with Gasteiger partial charge < -0.3 is 14.0 Å². The van der Waals surface area contributed by atoms with E-state index in [1.807, 2.05) is 20.8 Å². The van der Waals surface area contributed by atoms with E-state index in [1.165, 1.54) is 18.3 Å². The molecule has 0 aliphatic carbocycles. The molecular formula is C23H27F2NO4. The van der Waals surface area contributed by atoms with Gasteiger partial charge in [0, 0.05) is 23.9 Å². The first-order valence-corrected chi connectivity index (χ1v) is 10.4. The van der Waals surface area contributed by atoms with Crippen LogP contribution in [0.1, 0.15) is 62.5 Å². The largest absolute Gasteiger partial charge is 0.490 e. The highest BCUT2D eigenvalue weighted by Gasteiger charge is 2.32. The number of ether oxygens (including phenoxy) is 2. The van der Waals surface area contributed by atoms with Crippen LogP contribution in [0.2, 0.25) is 0 Å². The molecule has 162 valence electrons. The summed E-state index contributed by atoms with van der Waals surface area (Å²) in [6, 6.07) is 2.58. The van der Waals surface area contributed by atoms with Gasteiger partial charge in [-0.25, -0.2) is 9.18 Å². The van der Waals surface area contributed by atoms with Crippen molar-refractivity contribution < 1.29 is 23.0 Å². The van der Waals surface area contributed by atoms with E-state index in [4.69, 9.17) is 9.47 Å². The predicted molar refractivity (Wildman–Crippen MR) is 110 cm³/mol. The summed E-state index contributed by atoms with van der Waals surface area (Å²) in [7, 11) is 0. The molecule has 5 nitrogen and oxygen atoms in total. The number of rotatable bonds is 7. The maximum atomic E-state index is 15.1. The molecule has 0 spiro atoms. The first-order chi connectivity index (χ1) is 14.3. The molecule has 1 aliphatic rings. The van der Waals surface area contributed by atoms with Crippen molar-refractivity contribution in [3.8, 4) is 17.0 Å². The SMILES string of the molecule is CCCCOc1cc2c(c(F)c1F)-c1cc(=O)c(C(=O)OCC)cn1C(C(C)C)C2. The monoisotopic (exact) mass is 419 g/mol. The van der Waals surface area contributed by atoms with Gasteiger partial charge in [0.2, 0.25) is 5.82 Å². The van der Waals surface area contributed by atoms with E-state index >= 15 is 4.39 Å². The minimum atomic E-state index is -1.07. The van der Waals surface area contributed by atoms with Crippen molar-refractivity contribution in [2.45, 2.75) is 53.0 Å². The quantitative estimate of drug-likeness (QED) is 0.473. The van der Waals surface area contributed by atoms with E-state index in [0.29, 0.717) is 18.6 Å². The molecule has 0 saturated carbocycles. The number of benzene rings is 1. The van der Waals surface area contributed by atoms with Gasteiger partial charge in [0.25, 0.3) is 0 Å². The Hall–Kier alpha value is -2.70. The number of hydrogen-bond acceptors (Lipinski definition) is 4. The number of halogens is 2. The van der Waals surface area contributed by atoms with E-state index in [0.717, 1.165) is 12.8 Å². The first kappa shape index (κ1) is 22.0. The van der Waals surface area contributed by atoms with Crippen LogP contribution in [0.3, 0.4) is 0 Å². The van der Waals surface area contributed by atoms with Crippen LogP contribution in [0.5, 0.6) is 5.75 Å². The lowest BCUT2D eigenvalue weighted by Gasteiger charge is -2.33. The molecule has 30 heavy (non-hydrogen) atoms. The van der Waals surface area contributed by atoms with Crippen LogP contribution in [0, 0.1) is 17.6 Å². The number of esters is 1. The minimum absolute atomic E-state index is 0.0414. The number of carbonyl (C=O) groups is 1. The smallest absolute Gasteiger partial charge is 0.343 e. The molecule has 0 bridgehead atoms. The number of pyridine rings is 1. The molecule has 2 heterocycles. The van der Waals surface area contributed by atoms with Crippen LogP contribution >= 0.6 is 0 Å². The van der Waals surface area contributed by atoms with Gasteiger partial charge in [0.05, 0.1) is 18.9 Å². The third-order valence-corrected chi connectivity index (χ3v) is 5.40. The molecule has 1 aromatic heterocycles. The normalized spacial score (nSPS) is 15.0. The van der Waals surface area contributed by atoms with Crippen molar-refractivity contribution in [3.63, 3.8) is 0 Å². The molecule has 1 aliphatic heterocycles. The van der Waals surface area contributed by atoms with Crippen molar-refractivity contribution in [2.75, 3.05) is 13.2 Å². The van der Waals surface area contributed by atoms with E-state index in [-0.39, 0.29) is 41.1 Å². The van der Waals surface area contributed by atoms with Crippen molar-refractivity contribution in [1.82, 2.24) is 4.57 Å². The molecule has 0 saturated heterocycles. The van der Waals surface area contributed by atoms with Crippen molar-refractivity contribution in [3.05, 3.63) is 51.3 Å². The summed E-state index contributed by atoms with van der Waals surface area (Å²) in [5.74, 6) is -2.83. The van der Waals surface area contributed by atoms with Crippen LogP contribution in [0.15, 0.2) is 23.1 Å². The fraction of sp³-hybridized carbons (Fsp3) is 0.478. The van der Waals surface area contributed by atoms with E-state index in [1.54, 1.807) is 11.5 Å². The average Bonchev–Trinajstić information content (AvgIpc) is 2.70. The highest BCUT2D eigenvalue weighted by molar-refractivity contribution is 5.89. The molecule has 1 unspecified atom stereocenters. The maximum absolute atomic E-state index is 15.1. The van der Waals surface area contributed by atoms with Gasteiger partial charge in [-0.05, 0) is 37.3 Å². The molecular weight excluding hydrogens is 392 g/mol. The first-order valence-electron chi connectivity index (χ1n) is 10.4. The fourth-order valence-corrected chi connectivity index (χ4v) is 3.79. The number of hydrogen-bond donors (Lipinski definition) is 0. The third-order valence-electron chi connectivity index (χ3n) is 5.40. The summed E-state index contributed by atoms with van der Waals surface area (Å²) in [4.78, 5) is 24.8. The summed E-state index contributed by atoms with van der Waals surface area (Å²) in [5, 5.41) is 0. The van der Waals surface area contributed by atoms with Crippen molar-refractivity contribution in [2.24, 2.45) is 5.92 Å². The van der Waals surface area contributed by atoms with E-state index < -0.39 is 23.0 Å². The number of carbonyl (C=O) groups excluding carboxylic acids is 1. The van der Waals surface area contributed by atoms with Crippen LogP contribution in [-0.2, 0) is 11.2 Å². The Morgan fingerprint density at radius 3 is 2.60 bits per heavy atom. The van der Waals surface area contributed by atoms with Gasteiger partial charge in [0.15, 0.2) is 17.0 Å². The Bertz CT molecular complexity index is 1010. The third kappa shape index (κ3) is 3.98. The van der Waals surface area contributed by atoms with Gasteiger partial charge in [-0.15, -0.1) is 0 Å². The number of aromatic nitrogens is 1. The Kier molecular flexibility index (Phi) is 6.58. The summed E-state index contributed by atoms with van der Waals surface area (Å²) in [6.07, 6.45) is 3.45. The van der Waals surface area contributed by atoms with Crippen molar-refractivity contribution in [1.29, 1.82) is 0 Å². The molecule has 0 fully saturated rings. The maximum Gasteiger partial charge on any atom is 0.343 e. The molecule has 1 aromatic carbocycles. The Morgan fingerprint density at radius 2 is 1.97 bits per heavy atom. The average molecular weight is 419 g/mol. The second-order valence-electron chi connectivity index (χ2n) is 7.82. The number of fused-ring (bicyclic) bond motifs is 3. The van der Waals surface area contributed by atoms with Crippen LogP contribution in [0.25, 0.3) is 11.3 Å². The minimum Gasteiger partial charge on any atom is -0.490 e. The van der Waals surface area contributed by atoms with Crippen LogP contribution in [0.4, 0.5) is 8.78 Å². The summed E-state index contributed by atoms with van der Waals surface area (Å²) >= 11 is 0. The lowest BCUT2D eigenvalue weighted by Crippen LogP contribution is -2.29. The van der Waals surface area contributed by atoms with Gasteiger partial charge in [-0.3, -0.25) is 4.79 Å². The fourth-order valence-electron chi connectivity index (χ4n) is 3.79. The highest BCUT2D eigenvalue weighted by atomic mass is 19.2.